The van der Waals surface area contributed by atoms with E-state index in [-0.39, 0.29) is 30.0 Å². The van der Waals surface area contributed by atoms with Crippen LogP contribution in [0.2, 0.25) is 0 Å². The molecule has 1 aromatic heterocycles. The third kappa shape index (κ3) is 5.59. The highest BCUT2D eigenvalue weighted by Gasteiger charge is 2.50. The summed E-state index contributed by atoms with van der Waals surface area (Å²) in [6.07, 6.45) is 0.256. The van der Waals surface area contributed by atoms with Crippen molar-refractivity contribution in [2.45, 2.75) is 63.9 Å². The fraction of sp³-hybridized carbons (Fsp3) is 0.760. The third-order valence-electron chi connectivity index (χ3n) is 8.10. The zero-order chi connectivity index (χ0) is 25.2. The Bertz CT molecular complexity index is 876. The quantitative estimate of drug-likeness (QED) is 0.649. The van der Waals surface area contributed by atoms with Crippen LogP contribution in [-0.2, 0) is 20.4 Å². The van der Waals surface area contributed by atoms with Gasteiger partial charge in [-0.05, 0) is 43.7 Å². The highest BCUT2D eigenvalue weighted by atomic mass is 19.4. The molecule has 10 heteroatoms. The molecule has 3 aliphatic rings. The van der Waals surface area contributed by atoms with Crippen LogP contribution in [0.5, 0.6) is 0 Å². The van der Waals surface area contributed by atoms with Crippen LogP contribution >= 0.6 is 0 Å². The Morgan fingerprint density at radius 1 is 1.26 bits per heavy atom. The number of halogens is 3. The largest absolute Gasteiger partial charge is 0.416 e. The molecule has 1 amide bonds. The Balaban J connectivity index is 1.38. The van der Waals surface area contributed by atoms with Crippen molar-refractivity contribution in [2.75, 3.05) is 51.4 Å². The van der Waals surface area contributed by atoms with E-state index < -0.39 is 17.2 Å². The van der Waals surface area contributed by atoms with Gasteiger partial charge in [0.2, 0.25) is 5.91 Å². The van der Waals surface area contributed by atoms with Gasteiger partial charge in [0.25, 0.3) is 0 Å². The first-order valence-electron chi connectivity index (χ1n) is 12.6. The summed E-state index contributed by atoms with van der Waals surface area (Å²) in [7, 11) is 1.71. The monoisotopic (exact) mass is 498 g/mol. The Hall–Kier alpha value is -1.91. The highest BCUT2D eigenvalue weighted by molar-refractivity contribution is 5.84. The number of rotatable bonds is 6. The molecular formula is C25H37F3N4O3. The average molecular weight is 499 g/mol. The second kappa shape index (κ2) is 10.6. The number of anilines is 1. The minimum Gasteiger partial charge on any atom is -0.379 e. The van der Waals surface area contributed by atoms with E-state index in [4.69, 9.17) is 9.47 Å². The fourth-order valence-corrected chi connectivity index (χ4v) is 5.84. The van der Waals surface area contributed by atoms with Gasteiger partial charge in [0.05, 0.1) is 23.7 Å². The molecule has 2 saturated heterocycles. The molecule has 1 N–H and O–H groups in total. The van der Waals surface area contributed by atoms with Gasteiger partial charge in [-0.1, -0.05) is 13.8 Å². The number of hydrogen-bond donors (Lipinski definition) is 1. The molecule has 1 aliphatic carbocycles. The van der Waals surface area contributed by atoms with E-state index >= 15 is 0 Å². The molecule has 4 rings (SSSR count). The molecule has 1 aromatic rings. The molecule has 0 spiro atoms. The number of carbonyl (C=O) groups is 1. The van der Waals surface area contributed by atoms with Gasteiger partial charge in [0.15, 0.2) is 0 Å². The predicted molar refractivity (Wildman–Crippen MR) is 126 cm³/mol. The summed E-state index contributed by atoms with van der Waals surface area (Å²) >= 11 is 0. The lowest BCUT2D eigenvalue weighted by atomic mass is 9.74. The Morgan fingerprint density at radius 3 is 2.66 bits per heavy atom. The van der Waals surface area contributed by atoms with Gasteiger partial charge < -0.3 is 24.6 Å². The first-order valence-corrected chi connectivity index (χ1v) is 12.6. The van der Waals surface area contributed by atoms with Crippen LogP contribution in [0.15, 0.2) is 18.3 Å². The van der Waals surface area contributed by atoms with E-state index in [0.717, 1.165) is 37.8 Å². The summed E-state index contributed by atoms with van der Waals surface area (Å²) in [5, 5.41) is 3.75. The molecule has 3 heterocycles. The molecule has 0 aromatic carbocycles. The number of pyridine rings is 1. The van der Waals surface area contributed by atoms with Gasteiger partial charge in [0.1, 0.15) is 5.82 Å². The topological polar surface area (TPSA) is 66.9 Å². The number of carbonyl (C=O) groups excluding carboxylic acids is 1. The third-order valence-corrected chi connectivity index (χ3v) is 8.10. The second-order valence-corrected chi connectivity index (χ2v) is 10.3. The molecule has 3 fully saturated rings. The van der Waals surface area contributed by atoms with Crippen LogP contribution in [0, 0.1) is 11.3 Å². The molecular weight excluding hydrogens is 461 g/mol. The summed E-state index contributed by atoms with van der Waals surface area (Å²) < 4.78 is 50.4. The fourth-order valence-electron chi connectivity index (χ4n) is 5.84. The first-order chi connectivity index (χ1) is 16.6. The Morgan fingerprint density at radius 2 is 2.00 bits per heavy atom. The number of methoxy groups -OCH3 is 1. The second-order valence-electron chi connectivity index (χ2n) is 10.3. The highest BCUT2D eigenvalue weighted by Crippen LogP contribution is 2.46. The molecule has 1 saturated carbocycles. The minimum atomic E-state index is -4.40. The predicted octanol–water partition coefficient (Wildman–Crippen LogP) is 3.34. The van der Waals surface area contributed by atoms with E-state index in [2.05, 4.69) is 24.1 Å². The van der Waals surface area contributed by atoms with Crippen molar-refractivity contribution in [1.29, 1.82) is 0 Å². The van der Waals surface area contributed by atoms with Crippen LogP contribution in [0.1, 0.15) is 45.1 Å². The van der Waals surface area contributed by atoms with E-state index in [0.29, 0.717) is 45.2 Å². The molecule has 4 atom stereocenters. The number of hydrogen-bond acceptors (Lipinski definition) is 6. The van der Waals surface area contributed by atoms with Gasteiger partial charge in [0, 0.05) is 58.2 Å². The summed E-state index contributed by atoms with van der Waals surface area (Å²) in [5.41, 5.74) is -1.13. The van der Waals surface area contributed by atoms with Crippen molar-refractivity contribution in [3.63, 3.8) is 0 Å². The summed E-state index contributed by atoms with van der Waals surface area (Å²) in [6, 6.07) is 2.54. The van der Waals surface area contributed by atoms with Gasteiger partial charge >= 0.3 is 6.18 Å². The number of alkyl halides is 3. The normalized spacial score (nSPS) is 30.2. The molecule has 2 aliphatic heterocycles. The molecule has 0 radical (unpaired) electrons. The van der Waals surface area contributed by atoms with Crippen molar-refractivity contribution in [1.82, 2.24) is 15.2 Å². The summed E-state index contributed by atoms with van der Waals surface area (Å²) in [5.74, 6) is 0.668. The van der Waals surface area contributed by atoms with Crippen molar-refractivity contribution in [3.05, 3.63) is 23.9 Å². The first kappa shape index (κ1) is 26.2. The number of nitrogens with one attached hydrogen (secondary N) is 1. The molecule has 0 bridgehead atoms. The lowest BCUT2D eigenvalue weighted by Crippen LogP contribution is -2.55. The lowest BCUT2D eigenvalue weighted by Gasteiger charge is -2.42. The zero-order valence-corrected chi connectivity index (χ0v) is 20.8. The number of aromatic nitrogens is 1. The van der Waals surface area contributed by atoms with Crippen molar-refractivity contribution in [2.24, 2.45) is 11.3 Å². The van der Waals surface area contributed by atoms with Crippen LogP contribution in [0.4, 0.5) is 19.0 Å². The molecule has 35 heavy (non-hydrogen) atoms. The maximum atomic E-state index is 13.8. The van der Waals surface area contributed by atoms with Gasteiger partial charge in [-0.25, -0.2) is 4.98 Å². The van der Waals surface area contributed by atoms with Crippen LogP contribution < -0.4 is 10.2 Å². The van der Waals surface area contributed by atoms with Crippen molar-refractivity contribution < 1.29 is 27.4 Å². The van der Waals surface area contributed by atoms with Crippen LogP contribution in [-0.4, -0.2) is 80.5 Å². The van der Waals surface area contributed by atoms with Crippen LogP contribution in [0.25, 0.3) is 0 Å². The number of piperazine rings is 1. The number of amides is 1. The SMILES string of the molecule is COC1COCCC1NC1CC[C@@](C(=O)N2CCN(c3cc(C(F)(F)F)ccn3)CC2)(C(C)C)C1. The minimum absolute atomic E-state index is 0.0195. The number of nitrogens with zero attached hydrogens (tertiary/aromatic N) is 3. The van der Waals surface area contributed by atoms with E-state index in [1.54, 1.807) is 7.11 Å². The van der Waals surface area contributed by atoms with E-state index in [1.807, 2.05) is 9.80 Å². The van der Waals surface area contributed by atoms with Gasteiger partial charge in [-0.3, -0.25) is 4.79 Å². The van der Waals surface area contributed by atoms with Crippen molar-refractivity contribution in [3.8, 4) is 0 Å². The maximum absolute atomic E-state index is 13.8. The van der Waals surface area contributed by atoms with E-state index in [1.165, 1.54) is 6.20 Å². The zero-order valence-electron chi connectivity index (χ0n) is 20.8. The molecule has 196 valence electrons. The standard InChI is InChI=1S/C25H37F3N4O3/c1-17(2)24(7-4-19(15-24)30-20-6-13-35-16-21(20)34-3)23(33)32-11-9-31(10-12-32)22-14-18(5-8-29-22)25(26,27)28/h5,8,14,17,19-21,30H,4,6-7,9-13,15-16H2,1-3H3/t19?,20?,21?,24-/m0/s1. The van der Waals surface area contributed by atoms with Gasteiger partial charge in [-0.2, -0.15) is 13.2 Å². The molecule has 7 nitrogen and oxygen atoms in total. The van der Waals surface area contributed by atoms with Gasteiger partial charge in [-0.15, -0.1) is 0 Å². The lowest BCUT2D eigenvalue weighted by molar-refractivity contribution is -0.145. The smallest absolute Gasteiger partial charge is 0.379 e. The molecule has 3 unspecified atom stereocenters. The number of ether oxygens (including phenoxy) is 2. The average Bonchev–Trinajstić information content (AvgIpc) is 3.29. The maximum Gasteiger partial charge on any atom is 0.416 e. The van der Waals surface area contributed by atoms with E-state index in [9.17, 15) is 18.0 Å². The Labute approximate surface area is 205 Å². The summed E-state index contributed by atoms with van der Waals surface area (Å²) in [6.45, 7) is 7.43. The Kier molecular flexibility index (Phi) is 7.92. The summed E-state index contributed by atoms with van der Waals surface area (Å²) in [4.78, 5) is 21.7. The van der Waals surface area contributed by atoms with Crippen molar-refractivity contribution >= 4 is 11.7 Å². The van der Waals surface area contributed by atoms with Crippen LogP contribution in [0.3, 0.4) is 0 Å².